The Morgan fingerprint density at radius 2 is 1.93 bits per heavy atom. The third-order valence-electron chi connectivity index (χ3n) is 2.85. The third kappa shape index (κ3) is 1.87. The monoisotopic (exact) mass is 203 g/mol. The number of rotatable bonds is 3. The summed E-state index contributed by atoms with van der Waals surface area (Å²) in [4.78, 5) is 0. The molecule has 0 aliphatic heterocycles. The quantitative estimate of drug-likeness (QED) is 0.768. The number of unbranched alkanes of at least 4 members (excludes halogenated alkanes) is 1. The maximum Gasteiger partial charge on any atom is 0.113 e. The summed E-state index contributed by atoms with van der Waals surface area (Å²) < 4.78 is 2.01. The van der Waals surface area contributed by atoms with Gasteiger partial charge in [0.05, 0.1) is 5.52 Å². The molecule has 0 bridgehead atoms. The standard InChI is InChI=1S/C12H17N3/c1-4-5-6-15-12-8-10(3)9(2)7-11(12)13-14-15/h7-8H,4-6H2,1-3H3. The van der Waals surface area contributed by atoms with Crippen molar-refractivity contribution in [1.29, 1.82) is 0 Å². The van der Waals surface area contributed by atoms with Gasteiger partial charge in [0.1, 0.15) is 5.52 Å². The highest BCUT2D eigenvalue weighted by Crippen LogP contribution is 2.17. The summed E-state index contributed by atoms with van der Waals surface area (Å²) in [5, 5.41) is 8.37. The molecule has 3 nitrogen and oxygen atoms in total. The highest BCUT2D eigenvalue weighted by molar-refractivity contribution is 5.76. The van der Waals surface area contributed by atoms with Gasteiger partial charge in [-0.05, 0) is 43.5 Å². The maximum atomic E-state index is 4.19. The second-order valence-corrected chi connectivity index (χ2v) is 4.09. The molecule has 3 heteroatoms. The van der Waals surface area contributed by atoms with Crippen LogP contribution in [0.15, 0.2) is 12.1 Å². The van der Waals surface area contributed by atoms with Crippen LogP contribution >= 0.6 is 0 Å². The molecule has 80 valence electrons. The first kappa shape index (κ1) is 10.1. The summed E-state index contributed by atoms with van der Waals surface area (Å²) in [7, 11) is 0. The average Bonchev–Trinajstić information content (AvgIpc) is 2.59. The van der Waals surface area contributed by atoms with Crippen molar-refractivity contribution in [3.8, 4) is 0 Å². The lowest BCUT2D eigenvalue weighted by atomic mass is 10.1. The summed E-state index contributed by atoms with van der Waals surface area (Å²) in [6.45, 7) is 7.40. The largest absolute Gasteiger partial charge is 0.245 e. The molecule has 0 aliphatic carbocycles. The lowest BCUT2D eigenvalue weighted by Crippen LogP contribution is -1.99. The minimum Gasteiger partial charge on any atom is -0.245 e. The van der Waals surface area contributed by atoms with E-state index in [2.05, 4.69) is 43.2 Å². The van der Waals surface area contributed by atoms with Gasteiger partial charge in [-0.2, -0.15) is 0 Å². The molecule has 15 heavy (non-hydrogen) atoms. The molecule has 2 rings (SSSR count). The minimum atomic E-state index is 0.968. The molecule has 0 amide bonds. The Labute approximate surface area is 90.1 Å². The Kier molecular flexibility index (Phi) is 2.71. The lowest BCUT2D eigenvalue weighted by molar-refractivity contribution is 0.567. The number of hydrogen-bond donors (Lipinski definition) is 0. The fraction of sp³-hybridized carbons (Fsp3) is 0.500. The maximum absolute atomic E-state index is 4.19. The fourth-order valence-electron chi connectivity index (χ4n) is 1.70. The van der Waals surface area contributed by atoms with Crippen molar-refractivity contribution in [2.24, 2.45) is 0 Å². The molecule has 0 saturated carbocycles. The molecule has 0 aliphatic rings. The van der Waals surface area contributed by atoms with Gasteiger partial charge in [-0.25, -0.2) is 4.68 Å². The number of aryl methyl sites for hydroxylation is 3. The predicted octanol–water partition coefficient (Wildman–Crippen LogP) is 2.85. The van der Waals surface area contributed by atoms with Gasteiger partial charge in [-0.15, -0.1) is 5.10 Å². The summed E-state index contributed by atoms with van der Waals surface area (Å²) >= 11 is 0. The summed E-state index contributed by atoms with van der Waals surface area (Å²) in [6, 6.07) is 4.29. The van der Waals surface area contributed by atoms with Crippen LogP contribution < -0.4 is 0 Å². The third-order valence-corrected chi connectivity index (χ3v) is 2.85. The molecule has 0 unspecified atom stereocenters. The molecule has 0 radical (unpaired) electrons. The van der Waals surface area contributed by atoms with E-state index in [-0.39, 0.29) is 0 Å². The first-order valence-corrected chi connectivity index (χ1v) is 5.53. The molecule has 0 atom stereocenters. The molecular weight excluding hydrogens is 186 g/mol. The number of nitrogens with zero attached hydrogens (tertiary/aromatic N) is 3. The molecule has 0 saturated heterocycles. The molecular formula is C12H17N3. The topological polar surface area (TPSA) is 30.7 Å². The van der Waals surface area contributed by atoms with Crippen molar-refractivity contribution in [2.45, 2.75) is 40.2 Å². The smallest absolute Gasteiger partial charge is 0.113 e. The van der Waals surface area contributed by atoms with Gasteiger partial charge in [-0.1, -0.05) is 18.6 Å². The normalized spacial score (nSPS) is 11.1. The number of benzene rings is 1. The van der Waals surface area contributed by atoms with Gasteiger partial charge < -0.3 is 0 Å². The van der Waals surface area contributed by atoms with Crippen LogP contribution in [0.3, 0.4) is 0 Å². The van der Waals surface area contributed by atoms with Gasteiger partial charge in [-0.3, -0.25) is 0 Å². The number of hydrogen-bond acceptors (Lipinski definition) is 2. The Hall–Kier alpha value is -1.38. The summed E-state index contributed by atoms with van der Waals surface area (Å²) in [5.74, 6) is 0. The van der Waals surface area contributed by atoms with Crippen LogP contribution in [0.2, 0.25) is 0 Å². The zero-order valence-electron chi connectivity index (χ0n) is 9.62. The summed E-state index contributed by atoms with van der Waals surface area (Å²) in [5.41, 5.74) is 4.76. The SMILES string of the molecule is CCCCn1nnc2cc(C)c(C)cc21. The zero-order chi connectivity index (χ0) is 10.8. The Bertz CT molecular complexity index is 471. The zero-order valence-corrected chi connectivity index (χ0v) is 9.62. The summed E-state index contributed by atoms with van der Waals surface area (Å²) in [6.07, 6.45) is 2.34. The van der Waals surface area contributed by atoms with E-state index in [0.717, 1.165) is 24.0 Å². The number of aromatic nitrogens is 3. The van der Waals surface area contributed by atoms with Gasteiger partial charge in [0.2, 0.25) is 0 Å². The highest BCUT2D eigenvalue weighted by Gasteiger charge is 2.05. The van der Waals surface area contributed by atoms with Crippen LogP contribution in [-0.2, 0) is 6.54 Å². The van der Waals surface area contributed by atoms with Crippen molar-refractivity contribution in [3.63, 3.8) is 0 Å². The Balaban J connectivity index is 2.45. The van der Waals surface area contributed by atoms with Crippen LogP contribution in [0.1, 0.15) is 30.9 Å². The molecule has 1 heterocycles. The lowest BCUT2D eigenvalue weighted by Gasteiger charge is -2.02. The molecule has 2 aromatic rings. The second-order valence-electron chi connectivity index (χ2n) is 4.09. The van der Waals surface area contributed by atoms with E-state index in [9.17, 15) is 0 Å². The molecule has 1 aromatic carbocycles. The van der Waals surface area contributed by atoms with Crippen molar-refractivity contribution in [1.82, 2.24) is 15.0 Å². The van der Waals surface area contributed by atoms with E-state index in [4.69, 9.17) is 0 Å². The first-order valence-electron chi connectivity index (χ1n) is 5.53. The van der Waals surface area contributed by atoms with Gasteiger partial charge in [0.25, 0.3) is 0 Å². The van der Waals surface area contributed by atoms with Crippen molar-refractivity contribution in [3.05, 3.63) is 23.3 Å². The van der Waals surface area contributed by atoms with Crippen LogP contribution in [0.4, 0.5) is 0 Å². The van der Waals surface area contributed by atoms with E-state index in [1.54, 1.807) is 0 Å². The molecule has 0 fully saturated rings. The second kappa shape index (κ2) is 4.01. The minimum absolute atomic E-state index is 0.968. The molecule has 0 N–H and O–H groups in total. The van der Waals surface area contributed by atoms with Crippen LogP contribution in [-0.4, -0.2) is 15.0 Å². The van der Waals surface area contributed by atoms with Crippen molar-refractivity contribution < 1.29 is 0 Å². The van der Waals surface area contributed by atoms with Gasteiger partial charge >= 0.3 is 0 Å². The Morgan fingerprint density at radius 3 is 2.67 bits per heavy atom. The van der Waals surface area contributed by atoms with E-state index < -0.39 is 0 Å². The van der Waals surface area contributed by atoms with Crippen molar-refractivity contribution in [2.75, 3.05) is 0 Å². The number of fused-ring (bicyclic) bond motifs is 1. The average molecular weight is 203 g/mol. The van der Waals surface area contributed by atoms with E-state index in [1.165, 1.54) is 17.5 Å². The predicted molar refractivity (Wildman–Crippen MR) is 61.9 cm³/mol. The van der Waals surface area contributed by atoms with Gasteiger partial charge in [0.15, 0.2) is 0 Å². The van der Waals surface area contributed by atoms with Crippen LogP contribution in [0.25, 0.3) is 11.0 Å². The van der Waals surface area contributed by atoms with E-state index in [1.807, 2.05) is 4.68 Å². The first-order chi connectivity index (χ1) is 7.22. The van der Waals surface area contributed by atoms with E-state index >= 15 is 0 Å². The van der Waals surface area contributed by atoms with Crippen molar-refractivity contribution >= 4 is 11.0 Å². The molecule has 1 aromatic heterocycles. The fourth-order valence-corrected chi connectivity index (χ4v) is 1.70. The Morgan fingerprint density at radius 1 is 1.20 bits per heavy atom. The van der Waals surface area contributed by atoms with E-state index in [0.29, 0.717) is 0 Å². The van der Waals surface area contributed by atoms with Gasteiger partial charge in [0, 0.05) is 6.54 Å². The molecule has 0 spiro atoms. The van der Waals surface area contributed by atoms with Crippen LogP contribution in [0.5, 0.6) is 0 Å². The highest BCUT2D eigenvalue weighted by atomic mass is 15.4. The van der Waals surface area contributed by atoms with Crippen LogP contribution in [0, 0.1) is 13.8 Å².